The minimum absolute atomic E-state index is 0.278. The zero-order valence-corrected chi connectivity index (χ0v) is 18.5. The highest BCUT2D eigenvalue weighted by molar-refractivity contribution is 7.90. The van der Waals surface area contributed by atoms with E-state index in [4.69, 9.17) is 9.15 Å². The highest BCUT2D eigenvalue weighted by Crippen LogP contribution is 2.34. The van der Waals surface area contributed by atoms with Crippen molar-refractivity contribution in [3.63, 3.8) is 0 Å². The molecule has 1 saturated heterocycles. The number of nitrogens with zero attached hydrogens (tertiary/aromatic N) is 3. The van der Waals surface area contributed by atoms with Crippen LogP contribution >= 0.6 is 0 Å². The molecule has 0 bridgehead atoms. The van der Waals surface area contributed by atoms with Crippen molar-refractivity contribution >= 4 is 20.9 Å². The van der Waals surface area contributed by atoms with Crippen molar-refractivity contribution in [3.8, 4) is 22.5 Å². The summed E-state index contributed by atoms with van der Waals surface area (Å²) < 4.78 is 35.1. The monoisotopic (exact) mass is 449 g/mol. The van der Waals surface area contributed by atoms with Crippen molar-refractivity contribution in [1.29, 1.82) is 0 Å². The van der Waals surface area contributed by atoms with Gasteiger partial charge in [0.05, 0.1) is 23.8 Å². The van der Waals surface area contributed by atoms with Gasteiger partial charge in [-0.25, -0.2) is 8.42 Å². The van der Waals surface area contributed by atoms with Crippen LogP contribution in [0.5, 0.6) is 0 Å². The molecular formula is C24H23N3O4S. The maximum Gasteiger partial charge on any atom is 0.175 e. The molecule has 0 radical (unpaired) electrons. The Bertz CT molecular complexity index is 1360. The molecule has 0 amide bonds. The van der Waals surface area contributed by atoms with Crippen LogP contribution in [-0.4, -0.2) is 55.8 Å². The molecule has 0 atom stereocenters. The quantitative estimate of drug-likeness (QED) is 0.458. The van der Waals surface area contributed by atoms with E-state index in [0.717, 1.165) is 60.7 Å². The summed E-state index contributed by atoms with van der Waals surface area (Å²) in [4.78, 5) is 11.6. The number of furan rings is 1. The first-order valence-electron chi connectivity index (χ1n) is 10.4. The number of aromatic nitrogens is 2. The number of rotatable bonds is 5. The number of fused-ring (bicyclic) bond motifs is 1. The van der Waals surface area contributed by atoms with E-state index >= 15 is 0 Å². The molecule has 1 aromatic carbocycles. The molecular weight excluding hydrogens is 426 g/mol. The Morgan fingerprint density at radius 3 is 2.44 bits per heavy atom. The molecule has 3 aromatic heterocycles. The van der Waals surface area contributed by atoms with E-state index in [1.807, 2.05) is 24.4 Å². The molecule has 32 heavy (non-hydrogen) atoms. The highest BCUT2D eigenvalue weighted by Gasteiger charge is 2.16. The summed E-state index contributed by atoms with van der Waals surface area (Å²) in [6.45, 7) is 4.10. The van der Waals surface area contributed by atoms with Gasteiger partial charge in [0.2, 0.25) is 0 Å². The van der Waals surface area contributed by atoms with Gasteiger partial charge in [-0.15, -0.1) is 0 Å². The summed E-state index contributed by atoms with van der Waals surface area (Å²) in [6.07, 6.45) is 4.79. The minimum Gasteiger partial charge on any atom is -0.454 e. The van der Waals surface area contributed by atoms with Crippen LogP contribution in [0.3, 0.4) is 0 Å². The predicted octanol–water partition coefficient (Wildman–Crippen LogP) is 3.79. The average Bonchev–Trinajstić information content (AvgIpc) is 3.24. The summed E-state index contributed by atoms with van der Waals surface area (Å²) in [5, 5.41) is 0. The number of sulfone groups is 1. The van der Waals surface area contributed by atoms with E-state index in [-0.39, 0.29) is 4.90 Å². The molecule has 0 unspecified atom stereocenters. The van der Waals surface area contributed by atoms with Gasteiger partial charge in [-0.05, 0) is 48.0 Å². The number of ether oxygens (including phenoxy) is 1. The second kappa shape index (κ2) is 8.46. The molecule has 0 N–H and O–H groups in total. The van der Waals surface area contributed by atoms with Crippen molar-refractivity contribution in [1.82, 2.24) is 14.9 Å². The SMILES string of the molecule is CS(=O)(=O)c1ccc(-c2cc3nccc(-c4ccnc(CN5CCOCC5)c4)c3o2)cc1. The first-order valence-corrected chi connectivity index (χ1v) is 12.3. The van der Waals surface area contributed by atoms with Gasteiger partial charge in [-0.1, -0.05) is 0 Å². The Kier molecular flexibility index (Phi) is 5.50. The van der Waals surface area contributed by atoms with Crippen LogP contribution in [0.25, 0.3) is 33.6 Å². The largest absolute Gasteiger partial charge is 0.454 e. The Labute approximate surface area is 186 Å². The number of benzene rings is 1. The lowest BCUT2D eigenvalue weighted by molar-refractivity contribution is 0.0336. The molecule has 1 aliphatic rings. The van der Waals surface area contributed by atoms with E-state index in [1.54, 1.807) is 30.5 Å². The third-order valence-electron chi connectivity index (χ3n) is 5.60. The lowest BCUT2D eigenvalue weighted by Crippen LogP contribution is -2.35. The van der Waals surface area contributed by atoms with Gasteiger partial charge in [0.25, 0.3) is 0 Å². The van der Waals surface area contributed by atoms with Crippen molar-refractivity contribution in [3.05, 3.63) is 66.6 Å². The fourth-order valence-electron chi connectivity index (χ4n) is 3.89. The zero-order chi connectivity index (χ0) is 22.1. The number of pyridine rings is 2. The third kappa shape index (κ3) is 4.29. The lowest BCUT2D eigenvalue weighted by atomic mass is 10.1. The molecule has 1 fully saturated rings. The van der Waals surface area contributed by atoms with Crippen LogP contribution in [0.15, 0.2) is 70.2 Å². The normalized spacial score (nSPS) is 15.3. The standard InChI is InChI=1S/C24H23N3O4S/c1-32(28,29)20-4-2-17(3-5-20)23-15-22-24(31-23)21(7-9-26-22)18-6-8-25-19(14-18)16-27-10-12-30-13-11-27/h2-9,14-15H,10-13,16H2,1H3. The van der Waals surface area contributed by atoms with Crippen molar-refractivity contribution in [2.45, 2.75) is 11.4 Å². The maximum absolute atomic E-state index is 11.7. The van der Waals surface area contributed by atoms with Gasteiger partial charge in [0.15, 0.2) is 15.4 Å². The zero-order valence-electron chi connectivity index (χ0n) is 17.7. The van der Waals surface area contributed by atoms with Gasteiger partial charge >= 0.3 is 0 Å². The fourth-order valence-corrected chi connectivity index (χ4v) is 4.53. The van der Waals surface area contributed by atoms with Crippen molar-refractivity contribution in [2.75, 3.05) is 32.6 Å². The van der Waals surface area contributed by atoms with E-state index in [0.29, 0.717) is 11.3 Å². The summed E-state index contributed by atoms with van der Waals surface area (Å²) >= 11 is 0. The summed E-state index contributed by atoms with van der Waals surface area (Å²) in [6, 6.07) is 14.6. The lowest BCUT2D eigenvalue weighted by Gasteiger charge is -2.26. The molecule has 4 aromatic rings. The van der Waals surface area contributed by atoms with Crippen LogP contribution in [0.2, 0.25) is 0 Å². The van der Waals surface area contributed by atoms with Gasteiger partial charge in [0, 0.05) is 55.5 Å². The van der Waals surface area contributed by atoms with Crippen LogP contribution < -0.4 is 0 Å². The van der Waals surface area contributed by atoms with Gasteiger partial charge in [-0.2, -0.15) is 0 Å². The number of hydrogen-bond donors (Lipinski definition) is 0. The summed E-state index contributed by atoms with van der Waals surface area (Å²) in [5.74, 6) is 0.641. The third-order valence-corrected chi connectivity index (χ3v) is 6.72. The Balaban J connectivity index is 1.48. The maximum atomic E-state index is 11.7. The van der Waals surface area contributed by atoms with Crippen LogP contribution in [-0.2, 0) is 21.1 Å². The smallest absolute Gasteiger partial charge is 0.175 e. The molecule has 0 aliphatic carbocycles. The second-order valence-electron chi connectivity index (χ2n) is 7.90. The summed E-state index contributed by atoms with van der Waals surface area (Å²) in [5.41, 5.74) is 5.19. The van der Waals surface area contributed by atoms with E-state index < -0.39 is 9.84 Å². The molecule has 0 saturated carbocycles. The number of morpholine rings is 1. The highest BCUT2D eigenvalue weighted by atomic mass is 32.2. The fraction of sp³-hybridized carbons (Fsp3) is 0.250. The Morgan fingerprint density at radius 2 is 1.69 bits per heavy atom. The molecule has 8 heteroatoms. The van der Waals surface area contributed by atoms with E-state index in [2.05, 4.69) is 20.9 Å². The average molecular weight is 450 g/mol. The topological polar surface area (TPSA) is 85.5 Å². The molecule has 164 valence electrons. The van der Waals surface area contributed by atoms with Crippen molar-refractivity contribution in [2.24, 2.45) is 0 Å². The van der Waals surface area contributed by atoms with Crippen LogP contribution in [0, 0.1) is 0 Å². The second-order valence-corrected chi connectivity index (χ2v) is 9.92. The molecule has 4 heterocycles. The molecule has 1 aliphatic heterocycles. The first-order chi connectivity index (χ1) is 15.5. The molecule has 5 rings (SSSR count). The van der Waals surface area contributed by atoms with Crippen LogP contribution in [0.4, 0.5) is 0 Å². The predicted molar refractivity (Wildman–Crippen MR) is 122 cm³/mol. The molecule has 7 nitrogen and oxygen atoms in total. The first kappa shape index (κ1) is 20.8. The van der Waals surface area contributed by atoms with E-state index in [9.17, 15) is 8.42 Å². The van der Waals surface area contributed by atoms with E-state index in [1.165, 1.54) is 6.26 Å². The van der Waals surface area contributed by atoms with Crippen LogP contribution in [0.1, 0.15) is 5.69 Å². The number of hydrogen-bond acceptors (Lipinski definition) is 7. The van der Waals surface area contributed by atoms with Gasteiger partial charge in [-0.3, -0.25) is 14.9 Å². The Hall–Kier alpha value is -3.07. The Morgan fingerprint density at radius 1 is 0.938 bits per heavy atom. The molecule has 0 spiro atoms. The van der Waals surface area contributed by atoms with Gasteiger partial charge in [0.1, 0.15) is 11.3 Å². The minimum atomic E-state index is -3.24. The summed E-state index contributed by atoms with van der Waals surface area (Å²) in [7, 11) is -3.24. The van der Waals surface area contributed by atoms with Gasteiger partial charge < -0.3 is 9.15 Å². The van der Waals surface area contributed by atoms with Crippen molar-refractivity contribution < 1.29 is 17.6 Å².